The number of oxazole rings is 1. The molecule has 0 saturated carbocycles. The Labute approximate surface area is 228 Å². The number of urea groups is 1. The number of aromatic carboxylic acids is 1. The maximum atomic E-state index is 13.9. The zero-order valence-electron chi connectivity index (χ0n) is 23.2. The number of para-hydroxylation sites is 1. The van der Waals surface area contributed by atoms with Crippen molar-refractivity contribution >= 4 is 28.8 Å². The van der Waals surface area contributed by atoms with Gasteiger partial charge >= 0.3 is 12.0 Å². The van der Waals surface area contributed by atoms with E-state index in [4.69, 9.17) is 4.42 Å². The number of H-pyrrole nitrogens is 1. The van der Waals surface area contributed by atoms with E-state index in [0.717, 1.165) is 42.1 Å². The first-order chi connectivity index (χ1) is 18.7. The summed E-state index contributed by atoms with van der Waals surface area (Å²) in [5.41, 5.74) is 1.70. The number of nitrogens with zero attached hydrogens (tertiary/aromatic N) is 3. The van der Waals surface area contributed by atoms with E-state index >= 15 is 0 Å². The summed E-state index contributed by atoms with van der Waals surface area (Å²) in [5, 5.41) is 13.6. The summed E-state index contributed by atoms with van der Waals surface area (Å²) in [7, 11) is 1.69. The monoisotopic (exact) mass is 537 g/mol. The number of aromatic amines is 1. The van der Waals surface area contributed by atoms with Crippen molar-refractivity contribution in [3.05, 3.63) is 53.4 Å². The number of carbonyl (C=O) groups is 3. The molecule has 1 aliphatic heterocycles. The molecule has 10 heteroatoms. The summed E-state index contributed by atoms with van der Waals surface area (Å²) < 4.78 is 5.77. The van der Waals surface area contributed by atoms with Crippen LogP contribution < -0.4 is 5.32 Å². The number of carboxylic acid groups (broad SMARTS) is 1. The molecule has 210 valence electrons. The molecule has 3 amide bonds. The second kappa shape index (κ2) is 12.4. The number of rotatable bonds is 9. The lowest BCUT2D eigenvalue weighted by Crippen LogP contribution is -2.53. The molecule has 0 radical (unpaired) electrons. The fourth-order valence-electron chi connectivity index (χ4n) is 5.26. The average molecular weight is 538 g/mol. The molecular formula is C29H39N5O5. The number of likely N-dealkylation sites (N-methyl/N-ethyl adjacent to an activating group) is 1. The van der Waals surface area contributed by atoms with Crippen LogP contribution in [0.4, 0.5) is 4.79 Å². The number of carboxylic acids is 1. The van der Waals surface area contributed by atoms with E-state index in [0.29, 0.717) is 25.9 Å². The Hall–Kier alpha value is -3.82. The van der Waals surface area contributed by atoms with Gasteiger partial charge < -0.3 is 29.6 Å². The number of fused-ring (bicyclic) bond motifs is 1. The second-order valence-corrected chi connectivity index (χ2v) is 10.8. The number of benzene rings is 1. The Morgan fingerprint density at radius 1 is 1.15 bits per heavy atom. The van der Waals surface area contributed by atoms with Crippen LogP contribution in [0.3, 0.4) is 0 Å². The Morgan fingerprint density at radius 3 is 2.49 bits per heavy atom. The number of amides is 3. The van der Waals surface area contributed by atoms with Gasteiger partial charge in [0, 0.05) is 43.7 Å². The average Bonchev–Trinajstić information content (AvgIpc) is 3.38. The molecule has 1 aliphatic rings. The Balaban J connectivity index is 1.62. The summed E-state index contributed by atoms with van der Waals surface area (Å²) in [6, 6.07) is 6.23. The number of hydrogen-bond acceptors (Lipinski definition) is 5. The molecule has 3 heterocycles. The second-order valence-electron chi connectivity index (χ2n) is 10.8. The van der Waals surface area contributed by atoms with Crippen molar-refractivity contribution in [2.45, 2.75) is 71.4 Å². The van der Waals surface area contributed by atoms with E-state index in [2.05, 4.69) is 15.3 Å². The molecular weight excluding hydrogens is 498 g/mol. The number of aryl methyl sites for hydroxylation is 1. The minimum absolute atomic E-state index is 0.119. The number of hydrogen-bond donors (Lipinski definition) is 3. The van der Waals surface area contributed by atoms with Crippen molar-refractivity contribution in [2.24, 2.45) is 5.92 Å². The van der Waals surface area contributed by atoms with Crippen LogP contribution in [-0.2, 0) is 11.2 Å². The van der Waals surface area contributed by atoms with Crippen LogP contribution in [0, 0.1) is 12.8 Å². The molecule has 39 heavy (non-hydrogen) atoms. The van der Waals surface area contributed by atoms with E-state index in [9.17, 15) is 19.5 Å². The van der Waals surface area contributed by atoms with Gasteiger partial charge in [-0.05, 0) is 43.7 Å². The van der Waals surface area contributed by atoms with Crippen molar-refractivity contribution < 1.29 is 23.9 Å². The number of carbonyl (C=O) groups excluding carboxylic acids is 2. The molecule has 1 fully saturated rings. The molecule has 10 nitrogen and oxygen atoms in total. The molecule has 3 N–H and O–H groups in total. The van der Waals surface area contributed by atoms with Gasteiger partial charge in [-0.25, -0.2) is 14.6 Å². The predicted molar refractivity (Wildman–Crippen MR) is 148 cm³/mol. The first-order valence-corrected chi connectivity index (χ1v) is 13.7. The number of likely N-dealkylation sites (tertiary alicyclic amines) is 1. The largest absolute Gasteiger partial charge is 0.476 e. The van der Waals surface area contributed by atoms with Gasteiger partial charge in [-0.1, -0.05) is 44.9 Å². The summed E-state index contributed by atoms with van der Waals surface area (Å²) in [6.07, 6.45) is 6.81. The lowest BCUT2D eigenvalue weighted by molar-refractivity contribution is -0.126. The van der Waals surface area contributed by atoms with E-state index in [1.165, 1.54) is 0 Å². The van der Waals surface area contributed by atoms with Gasteiger partial charge in [0.15, 0.2) is 5.69 Å². The van der Waals surface area contributed by atoms with Gasteiger partial charge in [0.05, 0.1) is 0 Å². The van der Waals surface area contributed by atoms with Crippen LogP contribution in [0.5, 0.6) is 0 Å². The van der Waals surface area contributed by atoms with Gasteiger partial charge in [-0.3, -0.25) is 4.79 Å². The molecule has 1 saturated heterocycles. The summed E-state index contributed by atoms with van der Waals surface area (Å²) >= 11 is 0. The zero-order chi connectivity index (χ0) is 28.1. The standard InChI is InChI=1S/C29H39N5O5/c1-18(2)15-24(33(4)29(38)34-13-9-5-6-10-14-34)26(35)31-23(27-32-25(28(36)37)19(3)39-27)16-20-17-30-22-12-8-7-11-21(20)22/h7-8,11-12,17-18,23-24,30H,5-6,9-10,13-16H2,1-4H3,(H,31,35)(H,36,37)/t23-,24+/m1/s1. The Kier molecular flexibility index (Phi) is 8.93. The Bertz CT molecular complexity index is 1300. The fourth-order valence-corrected chi connectivity index (χ4v) is 5.26. The van der Waals surface area contributed by atoms with Gasteiger partial charge in [-0.2, -0.15) is 0 Å². The lowest BCUT2D eigenvalue weighted by Gasteiger charge is -2.34. The highest BCUT2D eigenvalue weighted by Gasteiger charge is 2.34. The number of nitrogens with one attached hydrogen (secondary N) is 2. The highest BCUT2D eigenvalue weighted by atomic mass is 16.4. The maximum absolute atomic E-state index is 13.9. The van der Waals surface area contributed by atoms with Gasteiger partial charge in [0.2, 0.25) is 11.8 Å². The smallest absolute Gasteiger partial charge is 0.358 e. The minimum Gasteiger partial charge on any atom is -0.476 e. The van der Waals surface area contributed by atoms with Crippen LogP contribution in [0.15, 0.2) is 34.9 Å². The minimum atomic E-state index is -1.19. The zero-order valence-corrected chi connectivity index (χ0v) is 23.2. The Morgan fingerprint density at radius 2 is 1.85 bits per heavy atom. The highest BCUT2D eigenvalue weighted by molar-refractivity contribution is 5.88. The van der Waals surface area contributed by atoms with Crippen molar-refractivity contribution in [2.75, 3.05) is 20.1 Å². The first kappa shape index (κ1) is 28.2. The maximum Gasteiger partial charge on any atom is 0.358 e. The third-order valence-corrected chi connectivity index (χ3v) is 7.37. The van der Waals surface area contributed by atoms with Gasteiger partial charge in [0.1, 0.15) is 17.8 Å². The van der Waals surface area contributed by atoms with Crippen LogP contribution in [0.1, 0.15) is 79.7 Å². The number of aromatic nitrogens is 2. The van der Waals surface area contributed by atoms with Crippen molar-refractivity contribution in [3.8, 4) is 0 Å². The fraction of sp³-hybridized carbons (Fsp3) is 0.517. The highest BCUT2D eigenvalue weighted by Crippen LogP contribution is 2.27. The molecule has 4 rings (SSSR count). The quantitative estimate of drug-likeness (QED) is 0.356. The van der Waals surface area contributed by atoms with E-state index in [-0.39, 0.29) is 35.2 Å². The summed E-state index contributed by atoms with van der Waals surface area (Å²) in [4.78, 5) is 49.8. The van der Waals surface area contributed by atoms with Gasteiger partial charge in [-0.15, -0.1) is 0 Å². The first-order valence-electron chi connectivity index (χ1n) is 13.7. The molecule has 0 unspecified atom stereocenters. The van der Waals surface area contributed by atoms with Crippen LogP contribution in [0.2, 0.25) is 0 Å². The van der Waals surface area contributed by atoms with E-state index < -0.39 is 18.1 Å². The van der Waals surface area contributed by atoms with Gasteiger partial charge in [0.25, 0.3) is 0 Å². The SMILES string of the molecule is Cc1oc([C@@H](Cc2c[nH]c3ccccc23)NC(=O)[C@H](CC(C)C)N(C)C(=O)N2CCCCCC2)nc1C(=O)O. The van der Waals surface area contributed by atoms with Crippen LogP contribution >= 0.6 is 0 Å². The molecule has 0 bridgehead atoms. The topological polar surface area (TPSA) is 132 Å². The van der Waals surface area contributed by atoms with E-state index in [1.54, 1.807) is 18.9 Å². The molecule has 0 aliphatic carbocycles. The van der Waals surface area contributed by atoms with Crippen molar-refractivity contribution in [3.63, 3.8) is 0 Å². The van der Waals surface area contributed by atoms with Crippen LogP contribution in [-0.4, -0.2) is 69.0 Å². The molecule has 2 aromatic heterocycles. The van der Waals surface area contributed by atoms with Crippen LogP contribution in [0.25, 0.3) is 10.9 Å². The predicted octanol–water partition coefficient (Wildman–Crippen LogP) is 4.91. The van der Waals surface area contributed by atoms with Crippen molar-refractivity contribution in [1.29, 1.82) is 0 Å². The molecule has 3 aromatic rings. The van der Waals surface area contributed by atoms with E-state index in [1.807, 2.05) is 49.2 Å². The molecule has 2 atom stereocenters. The summed E-state index contributed by atoms with van der Waals surface area (Å²) in [5.74, 6) is -1.07. The molecule has 1 aromatic carbocycles. The van der Waals surface area contributed by atoms with Crippen molar-refractivity contribution in [1.82, 2.24) is 25.1 Å². The summed E-state index contributed by atoms with van der Waals surface area (Å²) in [6.45, 7) is 6.96. The molecule has 0 spiro atoms. The lowest BCUT2D eigenvalue weighted by atomic mass is 10.0. The third kappa shape index (κ3) is 6.61. The normalized spacial score (nSPS) is 15.7. The third-order valence-electron chi connectivity index (χ3n) is 7.37.